The first-order chi connectivity index (χ1) is 7.15. The number of amides is 2. The van der Waals surface area contributed by atoms with Gasteiger partial charge in [0.25, 0.3) is 5.91 Å². The second-order valence-corrected chi connectivity index (χ2v) is 4.60. The molecule has 15 heavy (non-hydrogen) atoms. The molecule has 1 aromatic heterocycles. The lowest BCUT2D eigenvalue weighted by molar-refractivity contribution is -0.119. The lowest BCUT2D eigenvalue weighted by Crippen LogP contribution is -2.36. The molecule has 1 aliphatic rings. The van der Waals surface area contributed by atoms with Crippen molar-refractivity contribution in [3.8, 4) is 0 Å². The fourth-order valence-electron chi connectivity index (χ4n) is 1.25. The van der Waals surface area contributed by atoms with E-state index in [4.69, 9.17) is 11.6 Å². The molecule has 0 spiro atoms. The van der Waals surface area contributed by atoms with Gasteiger partial charge in [0.15, 0.2) is 0 Å². The minimum atomic E-state index is -0.346. The highest BCUT2D eigenvalue weighted by atomic mass is 35.5. The first-order valence-electron chi connectivity index (χ1n) is 4.21. The second-order valence-electron chi connectivity index (χ2n) is 3.04. The van der Waals surface area contributed by atoms with Crippen molar-refractivity contribution in [1.82, 2.24) is 20.8 Å². The zero-order valence-corrected chi connectivity index (χ0v) is 9.06. The monoisotopic (exact) mass is 246 g/mol. The molecule has 0 aromatic carbocycles. The number of aromatic nitrogens is 2. The number of carbonyl (C=O) groups is 2. The van der Waals surface area contributed by atoms with Gasteiger partial charge >= 0.3 is 0 Å². The van der Waals surface area contributed by atoms with Crippen LogP contribution in [-0.2, 0) is 4.79 Å². The Morgan fingerprint density at radius 1 is 1.60 bits per heavy atom. The first kappa shape index (κ1) is 10.3. The highest BCUT2D eigenvalue weighted by Gasteiger charge is 2.24. The third kappa shape index (κ3) is 2.42. The van der Waals surface area contributed by atoms with Crippen LogP contribution < -0.4 is 10.6 Å². The third-order valence-electron chi connectivity index (χ3n) is 1.91. The van der Waals surface area contributed by atoms with Crippen molar-refractivity contribution in [2.75, 3.05) is 6.54 Å². The lowest BCUT2D eigenvalue weighted by atomic mass is 10.2. The first-order valence-corrected chi connectivity index (χ1v) is 5.41. The Labute approximate surface area is 94.0 Å². The van der Waals surface area contributed by atoms with Crippen molar-refractivity contribution in [3.63, 3.8) is 0 Å². The van der Waals surface area contributed by atoms with Crippen LogP contribution in [0.4, 0.5) is 0 Å². The van der Waals surface area contributed by atoms with E-state index >= 15 is 0 Å². The molecule has 1 unspecified atom stereocenters. The summed E-state index contributed by atoms with van der Waals surface area (Å²) in [6, 6.07) is -0.173. The molecule has 2 N–H and O–H groups in total. The summed E-state index contributed by atoms with van der Waals surface area (Å²) >= 11 is 6.55. The van der Waals surface area contributed by atoms with Gasteiger partial charge in [0, 0.05) is 13.0 Å². The van der Waals surface area contributed by atoms with E-state index in [0.29, 0.717) is 13.0 Å². The second kappa shape index (κ2) is 4.11. The van der Waals surface area contributed by atoms with Gasteiger partial charge in [0.1, 0.15) is 0 Å². The largest absolute Gasteiger partial charge is 0.354 e. The molecule has 2 amide bonds. The number of rotatable bonds is 2. The van der Waals surface area contributed by atoms with E-state index < -0.39 is 0 Å². The highest BCUT2D eigenvalue weighted by molar-refractivity contribution is 7.17. The van der Waals surface area contributed by atoms with Crippen LogP contribution in [0, 0.1) is 0 Å². The fraction of sp³-hybridized carbons (Fsp3) is 0.429. The van der Waals surface area contributed by atoms with Gasteiger partial charge in [-0.2, -0.15) is 0 Å². The zero-order chi connectivity index (χ0) is 10.8. The van der Waals surface area contributed by atoms with Crippen LogP contribution in [0.2, 0.25) is 4.47 Å². The van der Waals surface area contributed by atoms with E-state index in [0.717, 1.165) is 11.3 Å². The molecule has 6 nitrogen and oxygen atoms in total. The van der Waals surface area contributed by atoms with E-state index in [9.17, 15) is 9.59 Å². The topological polar surface area (TPSA) is 84.0 Å². The molecule has 0 bridgehead atoms. The van der Waals surface area contributed by atoms with Gasteiger partial charge in [-0.15, -0.1) is 10.2 Å². The van der Waals surface area contributed by atoms with Gasteiger partial charge in [-0.05, 0) is 11.6 Å². The molecule has 1 aliphatic heterocycles. The van der Waals surface area contributed by atoms with Gasteiger partial charge in [-0.1, -0.05) is 11.3 Å². The van der Waals surface area contributed by atoms with Gasteiger partial charge in [0.2, 0.25) is 15.4 Å². The predicted octanol–water partition coefficient (Wildman–Crippen LogP) is -0.190. The quantitative estimate of drug-likeness (QED) is 0.758. The Morgan fingerprint density at radius 2 is 2.40 bits per heavy atom. The van der Waals surface area contributed by atoms with E-state index in [-0.39, 0.29) is 27.3 Å². The van der Waals surface area contributed by atoms with Crippen molar-refractivity contribution in [1.29, 1.82) is 0 Å². The van der Waals surface area contributed by atoms with Crippen LogP contribution >= 0.6 is 22.9 Å². The normalized spacial score (nSPS) is 20.1. The Kier molecular flexibility index (Phi) is 2.83. The van der Waals surface area contributed by atoms with Crippen molar-refractivity contribution in [2.45, 2.75) is 12.5 Å². The molecule has 1 aromatic rings. The summed E-state index contributed by atoms with van der Waals surface area (Å²) in [6.45, 7) is 0.455. The molecule has 8 heteroatoms. The molecule has 1 saturated heterocycles. The number of nitrogens with one attached hydrogen (secondary N) is 2. The summed E-state index contributed by atoms with van der Waals surface area (Å²) in [5.74, 6) is -0.406. The number of hydrogen-bond donors (Lipinski definition) is 2. The van der Waals surface area contributed by atoms with Gasteiger partial charge in [-0.3, -0.25) is 9.59 Å². The molecule has 80 valence electrons. The maximum Gasteiger partial charge on any atom is 0.282 e. The summed E-state index contributed by atoms with van der Waals surface area (Å²) in [5.41, 5.74) is 0. The smallest absolute Gasteiger partial charge is 0.282 e. The molecular formula is C7H7ClN4O2S. The minimum absolute atomic E-state index is 0.0596. The van der Waals surface area contributed by atoms with Crippen LogP contribution in [0.15, 0.2) is 0 Å². The zero-order valence-electron chi connectivity index (χ0n) is 7.49. The number of halogens is 1. The van der Waals surface area contributed by atoms with Gasteiger partial charge < -0.3 is 10.6 Å². The van der Waals surface area contributed by atoms with Gasteiger partial charge in [-0.25, -0.2) is 0 Å². The molecule has 0 aliphatic carbocycles. The number of hydrogen-bond acceptors (Lipinski definition) is 5. The van der Waals surface area contributed by atoms with Crippen molar-refractivity contribution >= 4 is 34.8 Å². The minimum Gasteiger partial charge on any atom is -0.354 e. The van der Waals surface area contributed by atoms with Crippen molar-refractivity contribution in [2.24, 2.45) is 0 Å². The van der Waals surface area contributed by atoms with Crippen molar-refractivity contribution in [3.05, 3.63) is 9.47 Å². The van der Waals surface area contributed by atoms with Crippen LogP contribution in [-0.4, -0.2) is 34.6 Å². The molecule has 0 radical (unpaired) electrons. The lowest BCUT2D eigenvalue weighted by Gasteiger charge is -2.07. The van der Waals surface area contributed by atoms with Gasteiger partial charge in [0.05, 0.1) is 6.04 Å². The molecule has 1 fully saturated rings. The van der Waals surface area contributed by atoms with E-state index in [1.54, 1.807) is 0 Å². The summed E-state index contributed by atoms with van der Waals surface area (Å²) in [4.78, 5) is 22.4. The average molecular weight is 247 g/mol. The maximum atomic E-state index is 11.5. The fourth-order valence-corrected chi connectivity index (χ4v) is 1.98. The third-order valence-corrected chi connectivity index (χ3v) is 2.92. The Balaban J connectivity index is 1.95. The highest BCUT2D eigenvalue weighted by Crippen LogP contribution is 2.14. The van der Waals surface area contributed by atoms with Crippen LogP contribution in [0.5, 0.6) is 0 Å². The maximum absolute atomic E-state index is 11.5. The average Bonchev–Trinajstić information content (AvgIpc) is 2.75. The van der Waals surface area contributed by atoms with E-state index in [1.165, 1.54) is 0 Å². The number of nitrogens with zero attached hydrogens (tertiary/aromatic N) is 2. The summed E-state index contributed by atoms with van der Waals surface area (Å²) in [6.07, 6.45) is 0.304. The number of carbonyl (C=O) groups excluding carboxylic acids is 2. The van der Waals surface area contributed by atoms with Crippen LogP contribution in [0.25, 0.3) is 0 Å². The van der Waals surface area contributed by atoms with Crippen LogP contribution in [0.3, 0.4) is 0 Å². The predicted molar refractivity (Wildman–Crippen MR) is 53.8 cm³/mol. The summed E-state index contributed by atoms with van der Waals surface area (Å²) in [5, 5.41) is 12.6. The van der Waals surface area contributed by atoms with Crippen molar-refractivity contribution < 1.29 is 9.59 Å². The summed E-state index contributed by atoms with van der Waals surface area (Å²) < 4.78 is 0.223. The molecular weight excluding hydrogens is 240 g/mol. The Hall–Kier alpha value is -1.21. The standard InChI is InChI=1S/C7H7ClN4O2S/c8-7-12-11-6(15-7)5(14)10-3-1-4(13)9-2-3/h3H,1-2H2,(H,9,13)(H,10,14). The summed E-state index contributed by atoms with van der Waals surface area (Å²) in [7, 11) is 0. The SMILES string of the molecule is O=C1CC(NC(=O)c2nnc(Cl)s2)CN1. The molecule has 0 saturated carbocycles. The molecule has 2 rings (SSSR count). The Bertz CT molecular complexity index is 407. The Morgan fingerprint density at radius 3 is 2.93 bits per heavy atom. The van der Waals surface area contributed by atoms with E-state index in [1.807, 2.05) is 0 Å². The van der Waals surface area contributed by atoms with E-state index in [2.05, 4.69) is 20.8 Å². The van der Waals surface area contributed by atoms with Crippen LogP contribution in [0.1, 0.15) is 16.2 Å². The molecule has 2 heterocycles. The molecule has 1 atom stereocenters.